The topological polar surface area (TPSA) is 122 Å². The second-order valence-corrected chi connectivity index (χ2v) is 6.54. The average molecular weight is 368 g/mol. The van der Waals surface area contributed by atoms with Gasteiger partial charge in [-0.2, -0.15) is 4.98 Å². The SMILES string of the molecule is Cc1cn(C2C[C@H](C)[C@@H](CN=[N+]=[N-])O2)c(=O)nc1NC(=O)c1ccccc1. The number of rotatable bonds is 5. The lowest BCUT2D eigenvalue weighted by atomic mass is 10.0. The molecule has 1 aromatic heterocycles. The Morgan fingerprint density at radius 2 is 2.19 bits per heavy atom. The van der Waals surface area contributed by atoms with Crippen LogP contribution in [0.4, 0.5) is 5.82 Å². The minimum Gasteiger partial charge on any atom is -0.354 e. The van der Waals surface area contributed by atoms with Gasteiger partial charge in [0.15, 0.2) is 0 Å². The van der Waals surface area contributed by atoms with Gasteiger partial charge in [-0.05, 0) is 36.9 Å². The van der Waals surface area contributed by atoms with Crippen molar-refractivity contribution in [1.82, 2.24) is 9.55 Å². The van der Waals surface area contributed by atoms with Crippen molar-refractivity contribution in [2.75, 3.05) is 11.9 Å². The Morgan fingerprint density at radius 3 is 2.89 bits per heavy atom. The first-order valence-corrected chi connectivity index (χ1v) is 8.62. The van der Waals surface area contributed by atoms with Gasteiger partial charge in [0.05, 0.1) is 12.6 Å². The first-order chi connectivity index (χ1) is 13.0. The number of carbonyl (C=O) groups is 1. The molecule has 0 aliphatic carbocycles. The minimum atomic E-state index is -0.509. The minimum absolute atomic E-state index is 0.144. The highest BCUT2D eigenvalue weighted by molar-refractivity contribution is 6.03. The summed E-state index contributed by atoms with van der Waals surface area (Å²) in [5, 5.41) is 6.22. The molecular formula is C18H20N6O3. The number of aromatic nitrogens is 2. The summed E-state index contributed by atoms with van der Waals surface area (Å²) in [6.07, 6.45) is 1.53. The third-order valence-corrected chi connectivity index (χ3v) is 4.58. The Bertz CT molecular complexity index is 936. The molecule has 27 heavy (non-hydrogen) atoms. The van der Waals surface area contributed by atoms with E-state index >= 15 is 0 Å². The van der Waals surface area contributed by atoms with Crippen molar-refractivity contribution in [2.24, 2.45) is 11.0 Å². The molecule has 1 unspecified atom stereocenters. The highest BCUT2D eigenvalue weighted by atomic mass is 16.5. The fourth-order valence-corrected chi connectivity index (χ4v) is 3.05. The van der Waals surface area contributed by atoms with Crippen molar-refractivity contribution in [3.63, 3.8) is 0 Å². The van der Waals surface area contributed by atoms with E-state index < -0.39 is 11.9 Å². The number of azide groups is 1. The first-order valence-electron chi connectivity index (χ1n) is 8.62. The van der Waals surface area contributed by atoms with Gasteiger partial charge in [-0.1, -0.05) is 30.2 Å². The number of nitrogens with one attached hydrogen (secondary N) is 1. The largest absolute Gasteiger partial charge is 0.354 e. The Hall–Kier alpha value is -3.16. The molecule has 1 amide bonds. The number of carbonyl (C=O) groups excluding carboxylic acids is 1. The average Bonchev–Trinajstić information content (AvgIpc) is 3.03. The van der Waals surface area contributed by atoms with E-state index in [1.54, 1.807) is 37.4 Å². The molecule has 3 atom stereocenters. The monoisotopic (exact) mass is 368 g/mol. The highest BCUT2D eigenvalue weighted by Gasteiger charge is 2.33. The molecule has 1 aliphatic rings. The van der Waals surface area contributed by atoms with E-state index in [2.05, 4.69) is 20.3 Å². The third kappa shape index (κ3) is 4.16. The standard InChI is InChI=1S/C18H20N6O3/c1-11-8-15(27-14(11)9-20-23-19)24-10-12(2)16(22-18(24)26)21-17(25)13-6-4-3-5-7-13/h3-7,10-11,14-15H,8-9H2,1-2H3,(H,21,22,25,26)/t11-,14+,15?/m0/s1. The summed E-state index contributed by atoms with van der Waals surface area (Å²) in [4.78, 5) is 31.5. The molecule has 1 aliphatic heterocycles. The second kappa shape index (κ2) is 8.03. The van der Waals surface area contributed by atoms with Gasteiger partial charge in [0, 0.05) is 22.2 Å². The molecule has 0 spiro atoms. The maximum absolute atomic E-state index is 12.5. The molecule has 9 nitrogen and oxygen atoms in total. The molecule has 0 saturated carbocycles. The summed E-state index contributed by atoms with van der Waals surface area (Å²) in [6.45, 7) is 3.97. The van der Waals surface area contributed by atoms with Crippen LogP contribution >= 0.6 is 0 Å². The smallest absolute Gasteiger partial charge is 0.351 e. The van der Waals surface area contributed by atoms with Crippen molar-refractivity contribution in [2.45, 2.75) is 32.6 Å². The molecule has 0 radical (unpaired) electrons. The van der Waals surface area contributed by atoms with E-state index in [0.29, 0.717) is 17.5 Å². The quantitative estimate of drug-likeness (QED) is 0.495. The Labute approximate surface area is 155 Å². The van der Waals surface area contributed by atoms with Gasteiger partial charge < -0.3 is 10.1 Å². The lowest BCUT2D eigenvalue weighted by Crippen LogP contribution is -2.29. The predicted octanol–water partition coefficient (Wildman–Crippen LogP) is 3.04. The van der Waals surface area contributed by atoms with E-state index in [1.165, 1.54) is 4.57 Å². The number of aryl methyl sites for hydroxylation is 1. The third-order valence-electron chi connectivity index (χ3n) is 4.58. The summed E-state index contributed by atoms with van der Waals surface area (Å²) in [5.74, 6) is 0.0375. The number of ether oxygens (including phenoxy) is 1. The van der Waals surface area contributed by atoms with Crippen LogP contribution in [0.1, 0.15) is 35.5 Å². The molecule has 2 heterocycles. The summed E-state index contributed by atoms with van der Waals surface area (Å²) in [7, 11) is 0. The van der Waals surface area contributed by atoms with Gasteiger partial charge in [0.1, 0.15) is 12.0 Å². The van der Waals surface area contributed by atoms with E-state index in [0.717, 1.165) is 0 Å². The Kier molecular flexibility index (Phi) is 5.54. The molecule has 9 heteroatoms. The molecule has 2 aromatic rings. The van der Waals surface area contributed by atoms with Crippen molar-refractivity contribution < 1.29 is 9.53 Å². The fraction of sp³-hybridized carbons (Fsp3) is 0.389. The van der Waals surface area contributed by atoms with Gasteiger partial charge in [-0.25, -0.2) is 4.79 Å². The molecule has 1 fully saturated rings. The predicted molar refractivity (Wildman–Crippen MR) is 99.3 cm³/mol. The number of anilines is 1. The van der Waals surface area contributed by atoms with Crippen LogP contribution in [0.15, 0.2) is 46.4 Å². The van der Waals surface area contributed by atoms with Crippen LogP contribution in [0.2, 0.25) is 0 Å². The first kappa shape index (κ1) is 18.6. The lowest BCUT2D eigenvalue weighted by Gasteiger charge is -2.16. The van der Waals surface area contributed by atoms with Crippen LogP contribution in [-0.4, -0.2) is 28.1 Å². The van der Waals surface area contributed by atoms with Crippen LogP contribution in [0, 0.1) is 12.8 Å². The van der Waals surface area contributed by atoms with Crippen molar-refractivity contribution in [1.29, 1.82) is 0 Å². The van der Waals surface area contributed by atoms with Crippen LogP contribution in [0.5, 0.6) is 0 Å². The van der Waals surface area contributed by atoms with Crippen LogP contribution in [0.25, 0.3) is 10.4 Å². The molecule has 0 bridgehead atoms. The summed E-state index contributed by atoms with van der Waals surface area (Å²) < 4.78 is 7.28. The zero-order chi connectivity index (χ0) is 19.4. The number of nitrogens with zero attached hydrogens (tertiary/aromatic N) is 5. The molecule has 1 N–H and O–H groups in total. The van der Waals surface area contributed by atoms with Gasteiger partial charge in [0.25, 0.3) is 5.91 Å². The van der Waals surface area contributed by atoms with E-state index in [1.807, 2.05) is 13.0 Å². The number of hydrogen-bond acceptors (Lipinski definition) is 5. The van der Waals surface area contributed by atoms with Gasteiger partial charge in [0.2, 0.25) is 0 Å². The molecule has 1 saturated heterocycles. The second-order valence-electron chi connectivity index (χ2n) is 6.54. The van der Waals surface area contributed by atoms with Crippen LogP contribution in [-0.2, 0) is 4.74 Å². The van der Waals surface area contributed by atoms with Gasteiger partial charge in [-0.3, -0.25) is 9.36 Å². The Morgan fingerprint density at radius 1 is 1.44 bits per heavy atom. The number of amides is 1. The number of benzene rings is 1. The number of hydrogen-bond donors (Lipinski definition) is 1. The fourth-order valence-electron chi connectivity index (χ4n) is 3.05. The van der Waals surface area contributed by atoms with Crippen molar-refractivity contribution >= 4 is 11.7 Å². The molecule has 3 rings (SSSR count). The summed E-state index contributed by atoms with van der Waals surface area (Å²) in [6, 6.07) is 8.71. The maximum Gasteiger partial charge on any atom is 0.351 e. The van der Waals surface area contributed by atoms with E-state index in [9.17, 15) is 9.59 Å². The lowest BCUT2D eigenvalue weighted by molar-refractivity contribution is -0.00147. The van der Waals surface area contributed by atoms with Crippen LogP contribution < -0.4 is 11.0 Å². The van der Waals surface area contributed by atoms with Crippen molar-refractivity contribution in [3.8, 4) is 0 Å². The maximum atomic E-state index is 12.5. The molecular weight excluding hydrogens is 348 g/mol. The summed E-state index contributed by atoms with van der Waals surface area (Å²) in [5.41, 5.74) is 9.09. The van der Waals surface area contributed by atoms with Crippen LogP contribution in [0.3, 0.4) is 0 Å². The molecule has 140 valence electrons. The van der Waals surface area contributed by atoms with E-state index in [-0.39, 0.29) is 30.3 Å². The normalized spacial score (nSPS) is 21.5. The zero-order valence-corrected chi connectivity index (χ0v) is 15.1. The van der Waals surface area contributed by atoms with Crippen molar-refractivity contribution in [3.05, 3.63) is 68.6 Å². The molecule has 1 aromatic carbocycles. The van der Waals surface area contributed by atoms with Gasteiger partial charge in [-0.15, -0.1) is 0 Å². The Balaban J connectivity index is 1.78. The zero-order valence-electron chi connectivity index (χ0n) is 15.1. The highest BCUT2D eigenvalue weighted by Crippen LogP contribution is 2.32. The summed E-state index contributed by atoms with van der Waals surface area (Å²) >= 11 is 0. The van der Waals surface area contributed by atoms with E-state index in [4.69, 9.17) is 10.3 Å². The van der Waals surface area contributed by atoms with Gasteiger partial charge >= 0.3 is 5.69 Å².